The third kappa shape index (κ3) is 5.62. The molecule has 0 aromatic heterocycles. The topological polar surface area (TPSA) is 128 Å². The Bertz CT molecular complexity index is 131. The molecule has 7 nitrogen and oxygen atoms in total. The van der Waals surface area contributed by atoms with Crippen molar-refractivity contribution in [3.8, 4) is 0 Å². The first-order valence-electron chi connectivity index (χ1n) is 3.23. The lowest BCUT2D eigenvalue weighted by atomic mass is 10.7. The van der Waals surface area contributed by atoms with Crippen molar-refractivity contribution in [1.29, 1.82) is 0 Å². The van der Waals surface area contributed by atoms with E-state index < -0.39 is 20.8 Å². The summed E-state index contributed by atoms with van der Waals surface area (Å²) in [6.45, 7) is -0.392. The molecule has 0 aromatic rings. The Hall–Kier alpha value is -0.0100. The van der Waals surface area contributed by atoms with Crippen LogP contribution in [0.15, 0.2) is 0 Å². The van der Waals surface area contributed by atoms with Crippen molar-refractivity contribution in [3.05, 3.63) is 0 Å². The Balaban J connectivity index is 3.59. The standard InChI is InChI=1S/C4H13N2O5P/c5-1-3(7)10-12(9)11-4(8)2-6/h3-4,7-8,12H,1-2,5-6H2. The normalized spacial score (nSPS) is 18.7. The van der Waals surface area contributed by atoms with Gasteiger partial charge in [0.25, 0.3) is 0 Å². The number of aliphatic hydroxyl groups excluding tert-OH is 2. The van der Waals surface area contributed by atoms with Gasteiger partial charge in [0.2, 0.25) is 0 Å². The van der Waals surface area contributed by atoms with E-state index in [1.165, 1.54) is 0 Å². The van der Waals surface area contributed by atoms with E-state index in [0.29, 0.717) is 0 Å². The largest absolute Gasteiger partial charge is 0.366 e. The van der Waals surface area contributed by atoms with Crippen LogP contribution in [0.25, 0.3) is 0 Å². The molecule has 0 radical (unpaired) electrons. The Morgan fingerprint density at radius 1 is 1.17 bits per heavy atom. The Labute approximate surface area is 70.2 Å². The zero-order valence-corrected chi connectivity index (χ0v) is 7.34. The monoisotopic (exact) mass is 200 g/mol. The minimum absolute atomic E-state index is 0.196. The molecule has 12 heavy (non-hydrogen) atoms. The van der Waals surface area contributed by atoms with Crippen LogP contribution in [0.1, 0.15) is 0 Å². The van der Waals surface area contributed by atoms with E-state index in [2.05, 4.69) is 9.05 Å². The maximum absolute atomic E-state index is 10.7. The van der Waals surface area contributed by atoms with E-state index in [-0.39, 0.29) is 13.1 Å². The van der Waals surface area contributed by atoms with E-state index in [9.17, 15) is 4.57 Å². The van der Waals surface area contributed by atoms with Crippen LogP contribution in [0, 0.1) is 0 Å². The van der Waals surface area contributed by atoms with E-state index in [1.807, 2.05) is 0 Å². The summed E-state index contributed by atoms with van der Waals surface area (Å²) in [6.07, 6.45) is -2.69. The van der Waals surface area contributed by atoms with Crippen molar-refractivity contribution >= 4 is 8.25 Å². The van der Waals surface area contributed by atoms with E-state index >= 15 is 0 Å². The van der Waals surface area contributed by atoms with Gasteiger partial charge in [0.05, 0.1) is 0 Å². The molecule has 0 heterocycles. The summed E-state index contributed by atoms with van der Waals surface area (Å²) in [7, 11) is -2.92. The zero-order valence-electron chi connectivity index (χ0n) is 6.34. The van der Waals surface area contributed by atoms with Gasteiger partial charge < -0.3 is 21.7 Å². The lowest BCUT2D eigenvalue weighted by Crippen LogP contribution is -2.23. The highest BCUT2D eigenvalue weighted by molar-refractivity contribution is 7.33. The first kappa shape index (κ1) is 12.0. The highest BCUT2D eigenvalue weighted by Gasteiger charge is 2.11. The third-order valence-corrected chi connectivity index (χ3v) is 1.80. The summed E-state index contributed by atoms with van der Waals surface area (Å²) < 4.78 is 19.3. The second-order valence-electron chi connectivity index (χ2n) is 1.87. The lowest BCUT2D eigenvalue weighted by Gasteiger charge is -2.11. The Morgan fingerprint density at radius 3 is 1.75 bits per heavy atom. The van der Waals surface area contributed by atoms with Gasteiger partial charge in [0, 0.05) is 13.1 Å². The van der Waals surface area contributed by atoms with Gasteiger partial charge in [-0.15, -0.1) is 0 Å². The van der Waals surface area contributed by atoms with Gasteiger partial charge >= 0.3 is 8.25 Å². The number of hydrogen-bond acceptors (Lipinski definition) is 7. The Kier molecular flexibility index (Phi) is 6.49. The highest BCUT2D eigenvalue weighted by Crippen LogP contribution is 2.26. The molecule has 0 amide bonds. The van der Waals surface area contributed by atoms with Gasteiger partial charge in [-0.25, -0.2) is 0 Å². The summed E-state index contributed by atoms with van der Waals surface area (Å²) in [5.74, 6) is 0. The van der Waals surface area contributed by atoms with Crippen molar-refractivity contribution in [3.63, 3.8) is 0 Å². The number of hydrogen-bond donors (Lipinski definition) is 4. The molecule has 2 atom stereocenters. The van der Waals surface area contributed by atoms with Crippen molar-refractivity contribution in [1.82, 2.24) is 0 Å². The Morgan fingerprint density at radius 2 is 1.50 bits per heavy atom. The SMILES string of the molecule is NCC(O)O[PH](=O)OC(O)CN. The molecule has 6 N–H and O–H groups in total. The minimum atomic E-state index is -2.92. The minimum Gasteiger partial charge on any atom is -0.366 e. The number of rotatable bonds is 6. The van der Waals surface area contributed by atoms with Crippen LogP contribution in [0.5, 0.6) is 0 Å². The highest BCUT2D eigenvalue weighted by atomic mass is 31.1. The van der Waals surface area contributed by atoms with Gasteiger partial charge in [-0.1, -0.05) is 0 Å². The maximum atomic E-state index is 10.7. The second kappa shape index (κ2) is 6.50. The molecule has 0 aliphatic heterocycles. The average Bonchev–Trinajstić information content (AvgIpc) is 2.03. The molecule has 0 saturated heterocycles. The molecule has 2 unspecified atom stereocenters. The predicted molar refractivity (Wildman–Crippen MR) is 41.3 cm³/mol. The van der Waals surface area contributed by atoms with E-state index in [1.54, 1.807) is 0 Å². The zero-order chi connectivity index (χ0) is 9.56. The first-order chi connectivity index (χ1) is 5.60. The average molecular weight is 200 g/mol. The van der Waals surface area contributed by atoms with Gasteiger partial charge in [-0.2, -0.15) is 0 Å². The van der Waals surface area contributed by atoms with Crippen LogP contribution in [-0.2, 0) is 13.6 Å². The molecule has 8 heteroatoms. The van der Waals surface area contributed by atoms with E-state index in [0.717, 1.165) is 0 Å². The summed E-state index contributed by atoms with van der Waals surface area (Å²) in [6, 6.07) is 0. The van der Waals surface area contributed by atoms with Gasteiger partial charge in [-0.05, 0) is 0 Å². The molecule has 0 aliphatic carbocycles. The number of nitrogens with two attached hydrogens (primary N) is 2. The molecule has 0 aromatic carbocycles. The molecular formula is C4H13N2O5P. The molecule has 0 saturated carbocycles. The molecule has 0 aliphatic rings. The molecular weight excluding hydrogens is 187 g/mol. The van der Waals surface area contributed by atoms with Crippen LogP contribution >= 0.6 is 8.25 Å². The van der Waals surface area contributed by atoms with Crippen LogP contribution in [0.3, 0.4) is 0 Å². The summed E-state index contributed by atoms with van der Waals surface area (Å²) in [5.41, 5.74) is 9.89. The quantitative estimate of drug-likeness (QED) is 0.287. The van der Waals surface area contributed by atoms with Crippen LogP contribution < -0.4 is 11.5 Å². The summed E-state index contributed by atoms with van der Waals surface area (Å²) >= 11 is 0. The molecule has 0 bridgehead atoms. The van der Waals surface area contributed by atoms with Crippen LogP contribution in [0.4, 0.5) is 0 Å². The van der Waals surface area contributed by atoms with Crippen molar-refractivity contribution in [2.45, 2.75) is 12.6 Å². The van der Waals surface area contributed by atoms with Crippen molar-refractivity contribution in [2.75, 3.05) is 13.1 Å². The molecule has 74 valence electrons. The molecule has 0 spiro atoms. The van der Waals surface area contributed by atoms with Crippen molar-refractivity contribution in [2.24, 2.45) is 11.5 Å². The van der Waals surface area contributed by atoms with E-state index in [4.69, 9.17) is 21.7 Å². The second-order valence-corrected chi connectivity index (χ2v) is 2.84. The molecule has 0 rings (SSSR count). The lowest BCUT2D eigenvalue weighted by molar-refractivity contribution is -0.0503. The van der Waals surface area contributed by atoms with Crippen LogP contribution in [-0.4, -0.2) is 35.9 Å². The summed E-state index contributed by atoms with van der Waals surface area (Å²) in [5, 5.41) is 17.4. The van der Waals surface area contributed by atoms with Gasteiger partial charge in [-0.3, -0.25) is 13.6 Å². The maximum Gasteiger partial charge on any atom is 0.323 e. The molecule has 0 fully saturated rings. The van der Waals surface area contributed by atoms with Crippen LogP contribution in [0.2, 0.25) is 0 Å². The smallest absolute Gasteiger partial charge is 0.323 e. The summed E-state index contributed by atoms with van der Waals surface area (Å²) in [4.78, 5) is 0. The fraction of sp³-hybridized carbons (Fsp3) is 1.00. The van der Waals surface area contributed by atoms with Gasteiger partial charge in [0.1, 0.15) is 0 Å². The first-order valence-corrected chi connectivity index (χ1v) is 4.46. The fourth-order valence-electron chi connectivity index (χ4n) is 0.346. The number of aliphatic hydroxyl groups is 2. The third-order valence-electron chi connectivity index (χ3n) is 0.868. The van der Waals surface area contributed by atoms with Gasteiger partial charge in [0.15, 0.2) is 12.6 Å². The fourth-order valence-corrected chi connectivity index (χ4v) is 1.04. The predicted octanol–water partition coefficient (Wildman–Crippen LogP) is -2.04. The van der Waals surface area contributed by atoms with Crippen molar-refractivity contribution < 1.29 is 23.8 Å².